The van der Waals surface area contributed by atoms with Gasteiger partial charge in [-0.2, -0.15) is 4.31 Å². The molecule has 2 aliphatic rings. The average molecular weight is 317 g/mol. The van der Waals surface area contributed by atoms with Crippen LogP contribution in [0.15, 0.2) is 23.1 Å². The molecule has 0 aromatic heterocycles. The number of nitrogens with zero attached hydrogens (tertiary/aromatic N) is 1. The first-order chi connectivity index (χ1) is 9.07. The van der Waals surface area contributed by atoms with Crippen molar-refractivity contribution >= 4 is 22.4 Å². The molecule has 20 heavy (non-hydrogen) atoms. The highest BCUT2D eigenvalue weighted by atomic mass is 35.5. The normalized spacial score (nSPS) is 23.1. The Morgan fingerprint density at radius 2 is 2.00 bits per heavy atom. The summed E-state index contributed by atoms with van der Waals surface area (Å²) in [4.78, 5) is 0.460. The molecule has 0 amide bonds. The van der Waals surface area contributed by atoms with Crippen molar-refractivity contribution in [3.05, 3.63) is 29.3 Å². The van der Waals surface area contributed by atoms with Crippen LogP contribution in [0.25, 0.3) is 0 Å². The highest BCUT2D eigenvalue weighted by Crippen LogP contribution is 2.26. The van der Waals surface area contributed by atoms with Crippen molar-refractivity contribution in [2.24, 2.45) is 0 Å². The molecule has 1 aliphatic carbocycles. The number of hydrogen-bond donors (Lipinski definition) is 1. The Labute approximate surface area is 127 Å². The van der Waals surface area contributed by atoms with Crippen molar-refractivity contribution in [1.82, 2.24) is 9.62 Å². The molecule has 1 aromatic rings. The first-order valence-electron chi connectivity index (χ1n) is 6.93. The van der Waals surface area contributed by atoms with Crippen molar-refractivity contribution in [1.29, 1.82) is 0 Å². The van der Waals surface area contributed by atoms with Gasteiger partial charge in [-0.15, -0.1) is 12.4 Å². The minimum atomic E-state index is -3.32. The maximum Gasteiger partial charge on any atom is 0.243 e. The molecule has 112 valence electrons. The van der Waals surface area contributed by atoms with Crippen molar-refractivity contribution in [3.63, 3.8) is 0 Å². The van der Waals surface area contributed by atoms with E-state index in [1.165, 1.54) is 11.1 Å². The fourth-order valence-electron chi connectivity index (χ4n) is 2.97. The summed E-state index contributed by atoms with van der Waals surface area (Å²) in [6.45, 7) is 3.86. The summed E-state index contributed by atoms with van der Waals surface area (Å²) in [5.74, 6) is 0. The Morgan fingerprint density at radius 1 is 1.25 bits per heavy atom. The van der Waals surface area contributed by atoms with E-state index in [-0.39, 0.29) is 18.4 Å². The zero-order valence-electron chi connectivity index (χ0n) is 11.6. The number of sulfonamides is 1. The predicted molar refractivity (Wildman–Crippen MR) is 81.9 cm³/mol. The van der Waals surface area contributed by atoms with E-state index in [1.807, 2.05) is 19.1 Å². The van der Waals surface area contributed by atoms with Crippen LogP contribution in [0.2, 0.25) is 0 Å². The summed E-state index contributed by atoms with van der Waals surface area (Å²) < 4.78 is 26.9. The Balaban J connectivity index is 0.00000147. The largest absolute Gasteiger partial charge is 0.312 e. The zero-order valence-corrected chi connectivity index (χ0v) is 13.3. The molecule has 1 fully saturated rings. The fourth-order valence-corrected chi connectivity index (χ4v) is 4.55. The number of aryl methyl sites for hydroxylation is 2. The molecular weight excluding hydrogens is 296 g/mol. The monoisotopic (exact) mass is 316 g/mol. The molecule has 1 aromatic carbocycles. The number of rotatable bonds is 2. The Kier molecular flexibility index (Phi) is 4.74. The van der Waals surface area contributed by atoms with Crippen molar-refractivity contribution in [2.45, 2.75) is 37.1 Å². The lowest BCUT2D eigenvalue weighted by Gasteiger charge is -2.31. The highest BCUT2D eigenvalue weighted by Gasteiger charge is 2.29. The second-order valence-corrected chi connectivity index (χ2v) is 7.44. The topological polar surface area (TPSA) is 49.4 Å². The smallest absolute Gasteiger partial charge is 0.243 e. The summed E-state index contributed by atoms with van der Waals surface area (Å²) in [6.07, 6.45) is 3.24. The summed E-state index contributed by atoms with van der Waals surface area (Å²) in [6, 6.07) is 5.86. The maximum absolute atomic E-state index is 12.6. The van der Waals surface area contributed by atoms with Gasteiger partial charge in [-0.3, -0.25) is 0 Å². The van der Waals surface area contributed by atoms with Crippen LogP contribution in [0.1, 0.15) is 24.5 Å². The molecule has 1 aliphatic heterocycles. The minimum Gasteiger partial charge on any atom is -0.312 e. The molecule has 0 spiro atoms. The number of hydrogen-bond acceptors (Lipinski definition) is 3. The number of halogens is 1. The average Bonchev–Trinajstić information content (AvgIpc) is 2.85. The van der Waals surface area contributed by atoms with Gasteiger partial charge in [0.25, 0.3) is 0 Å². The van der Waals surface area contributed by atoms with Crippen molar-refractivity contribution in [3.8, 4) is 0 Å². The van der Waals surface area contributed by atoms with Crippen LogP contribution in [0.5, 0.6) is 0 Å². The second kappa shape index (κ2) is 6.02. The van der Waals surface area contributed by atoms with Crippen LogP contribution in [0.3, 0.4) is 0 Å². The van der Waals surface area contributed by atoms with Gasteiger partial charge in [-0.25, -0.2) is 8.42 Å². The number of fused-ring (bicyclic) bond motifs is 1. The molecule has 1 saturated heterocycles. The number of nitrogens with one attached hydrogen (secondary N) is 1. The molecule has 1 atom stereocenters. The van der Waals surface area contributed by atoms with Gasteiger partial charge in [0.2, 0.25) is 10.0 Å². The van der Waals surface area contributed by atoms with E-state index in [1.54, 1.807) is 10.4 Å². The van der Waals surface area contributed by atoms with E-state index < -0.39 is 10.0 Å². The standard InChI is InChI=1S/C14H20N2O2S.ClH/c1-11-10-16(8-7-15-11)19(17,18)14-6-5-12-3-2-4-13(12)9-14;/h5-6,9,11,15H,2-4,7-8,10H2,1H3;1H. The van der Waals surface area contributed by atoms with E-state index in [2.05, 4.69) is 5.32 Å². The molecule has 0 radical (unpaired) electrons. The van der Waals surface area contributed by atoms with E-state index in [0.29, 0.717) is 18.0 Å². The van der Waals surface area contributed by atoms with Gasteiger partial charge in [0.15, 0.2) is 0 Å². The van der Waals surface area contributed by atoms with Gasteiger partial charge < -0.3 is 5.32 Å². The van der Waals surface area contributed by atoms with Crippen LogP contribution in [-0.4, -0.2) is 38.4 Å². The summed E-state index contributed by atoms with van der Waals surface area (Å²) >= 11 is 0. The van der Waals surface area contributed by atoms with E-state index >= 15 is 0 Å². The summed E-state index contributed by atoms with van der Waals surface area (Å²) in [5.41, 5.74) is 2.52. The molecule has 0 bridgehead atoms. The first-order valence-corrected chi connectivity index (χ1v) is 8.37. The molecule has 6 heteroatoms. The van der Waals surface area contributed by atoms with Crippen molar-refractivity contribution < 1.29 is 8.42 Å². The second-order valence-electron chi connectivity index (χ2n) is 5.50. The van der Waals surface area contributed by atoms with E-state index in [4.69, 9.17) is 0 Å². The van der Waals surface area contributed by atoms with Crippen LogP contribution in [-0.2, 0) is 22.9 Å². The maximum atomic E-state index is 12.6. The SMILES string of the molecule is CC1CN(S(=O)(=O)c2ccc3c(c2)CCC3)CCN1.Cl. The number of benzene rings is 1. The highest BCUT2D eigenvalue weighted by molar-refractivity contribution is 7.89. The van der Waals surface area contributed by atoms with Gasteiger partial charge in [0.1, 0.15) is 0 Å². The Hall–Kier alpha value is -0.620. The van der Waals surface area contributed by atoms with Gasteiger partial charge in [-0.05, 0) is 49.4 Å². The first kappa shape index (κ1) is 15.8. The van der Waals surface area contributed by atoms with Crippen LogP contribution < -0.4 is 5.32 Å². The van der Waals surface area contributed by atoms with E-state index in [0.717, 1.165) is 25.8 Å². The van der Waals surface area contributed by atoms with Crippen LogP contribution in [0.4, 0.5) is 0 Å². The lowest BCUT2D eigenvalue weighted by Crippen LogP contribution is -2.51. The zero-order chi connectivity index (χ0) is 13.5. The quantitative estimate of drug-likeness (QED) is 0.901. The Morgan fingerprint density at radius 3 is 2.75 bits per heavy atom. The van der Waals surface area contributed by atoms with Crippen LogP contribution >= 0.6 is 12.4 Å². The molecule has 1 N–H and O–H groups in total. The molecule has 0 saturated carbocycles. The molecule has 1 unspecified atom stereocenters. The minimum absolute atomic E-state index is 0. The number of piperazine rings is 1. The lowest BCUT2D eigenvalue weighted by atomic mass is 10.1. The summed E-state index contributed by atoms with van der Waals surface area (Å²) in [7, 11) is -3.32. The fraction of sp³-hybridized carbons (Fsp3) is 0.571. The third-order valence-electron chi connectivity index (χ3n) is 4.04. The molecular formula is C14H21ClN2O2S. The summed E-state index contributed by atoms with van der Waals surface area (Å²) in [5, 5.41) is 3.27. The van der Waals surface area contributed by atoms with Crippen molar-refractivity contribution in [2.75, 3.05) is 19.6 Å². The third kappa shape index (κ3) is 2.86. The third-order valence-corrected chi connectivity index (χ3v) is 5.90. The predicted octanol–water partition coefficient (Wildman–Crippen LogP) is 1.58. The molecule has 3 rings (SSSR count). The lowest BCUT2D eigenvalue weighted by molar-refractivity contribution is 0.310. The Bertz CT molecular complexity index is 589. The van der Waals surface area contributed by atoms with E-state index in [9.17, 15) is 8.42 Å². The van der Waals surface area contributed by atoms with Gasteiger partial charge in [0, 0.05) is 25.7 Å². The van der Waals surface area contributed by atoms with Gasteiger partial charge in [-0.1, -0.05) is 6.07 Å². The van der Waals surface area contributed by atoms with Gasteiger partial charge >= 0.3 is 0 Å². The molecule has 4 nitrogen and oxygen atoms in total. The molecule has 1 heterocycles. The van der Waals surface area contributed by atoms with Gasteiger partial charge in [0.05, 0.1) is 4.90 Å². The van der Waals surface area contributed by atoms with Crippen LogP contribution in [0, 0.1) is 0 Å².